The highest BCUT2D eigenvalue weighted by Crippen LogP contribution is 2.37. The Morgan fingerprint density at radius 1 is 1.36 bits per heavy atom. The van der Waals surface area contributed by atoms with Crippen molar-refractivity contribution in [3.05, 3.63) is 12.7 Å². The number of rotatable bonds is 10. The fourth-order valence-corrected chi connectivity index (χ4v) is 3.18. The summed E-state index contributed by atoms with van der Waals surface area (Å²) in [4.78, 5) is 11.9. The van der Waals surface area contributed by atoms with Gasteiger partial charge in [-0.15, -0.1) is 6.58 Å². The number of carboxylic acid groups (broad SMARTS) is 1. The zero-order valence-corrected chi connectivity index (χ0v) is 14.7. The van der Waals surface area contributed by atoms with Crippen molar-refractivity contribution in [2.75, 3.05) is 26.4 Å². The second kappa shape index (κ2) is 7.08. The van der Waals surface area contributed by atoms with Gasteiger partial charge < -0.3 is 15.3 Å². The van der Waals surface area contributed by atoms with E-state index in [1.807, 2.05) is 6.92 Å². The lowest BCUT2D eigenvalue weighted by Gasteiger charge is -2.54. The first-order valence-electron chi connectivity index (χ1n) is 7.11. The molecule has 2 atom stereocenters. The van der Waals surface area contributed by atoms with Gasteiger partial charge in [-0.25, -0.2) is 4.79 Å². The van der Waals surface area contributed by atoms with E-state index in [9.17, 15) is 18.3 Å². The molecule has 0 aromatic heterocycles. The van der Waals surface area contributed by atoms with E-state index < -0.39 is 32.9 Å². The van der Waals surface area contributed by atoms with Crippen molar-refractivity contribution in [2.24, 2.45) is 5.73 Å². The minimum absolute atomic E-state index is 0.0536. The highest BCUT2D eigenvalue weighted by atomic mass is 32.2. The third-order valence-corrected chi connectivity index (χ3v) is 5.94. The second-order valence-corrected chi connectivity index (χ2v) is 8.19. The van der Waals surface area contributed by atoms with E-state index in [0.29, 0.717) is 6.42 Å². The van der Waals surface area contributed by atoms with Crippen LogP contribution in [0.1, 0.15) is 33.1 Å². The van der Waals surface area contributed by atoms with Crippen molar-refractivity contribution in [3.8, 4) is 0 Å². The van der Waals surface area contributed by atoms with Crippen LogP contribution in [0.4, 0.5) is 0 Å². The Kier molecular flexibility index (Phi) is 6.77. The third kappa shape index (κ3) is 4.28. The van der Waals surface area contributed by atoms with Crippen molar-refractivity contribution >= 4 is 16.1 Å². The molecule has 22 heavy (non-hydrogen) atoms. The van der Waals surface area contributed by atoms with Gasteiger partial charge >= 0.3 is 5.97 Å². The molecule has 0 amide bonds. The maximum Gasteiger partial charge on any atom is 0.365 e. The normalized spacial score (nSPS) is 18.3. The van der Waals surface area contributed by atoms with Crippen LogP contribution in [0.5, 0.6) is 0 Å². The van der Waals surface area contributed by atoms with Gasteiger partial charge in [-0.3, -0.25) is 4.55 Å². The first-order valence-corrected chi connectivity index (χ1v) is 8.72. The second-order valence-electron chi connectivity index (χ2n) is 6.62. The van der Waals surface area contributed by atoms with Crippen LogP contribution in [0.3, 0.4) is 0 Å². The van der Waals surface area contributed by atoms with Gasteiger partial charge in [-0.2, -0.15) is 8.42 Å². The molecule has 4 N–H and O–H groups in total. The molecule has 130 valence electrons. The number of quaternary nitrogens is 1. The molecular weight excluding hydrogens is 308 g/mol. The number of hydrogen-bond acceptors (Lipinski definition) is 4. The number of aliphatic carboxylic acids is 1. The van der Waals surface area contributed by atoms with E-state index in [2.05, 4.69) is 6.58 Å². The minimum atomic E-state index is -4.11. The summed E-state index contributed by atoms with van der Waals surface area (Å²) in [6.45, 7) is 7.43. The lowest BCUT2D eigenvalue weighted by atomic mass is 9.82. The molecule has 0 aliphatic carbocycles. The van der Waals surface area contributed by atoms with E-state index in [1.54, 1.807) is 27.1 Å². The van der Waals surface area contributed by atoms with E-state index in [-0.39, 0.29) is 23.9 Å². The molecule has 0 aromatic carbocycles. The van der Waals surface area contributed by atoms with Crippen LogP contribution in [0.25, 0.3) is 0 Å². The van der Waals surface area contributed by atoms with Crippen molar-refractivity contribution in [1.29, 1.82) is 0 Å². The molecular formula is C14H29N2O5S+. The average Bonchev–Trinajstić information content (AvgIpc) is 2.36. The highest BCUT2D eigenvalue weighted by molar-refractivity contribution is 7.85. The van der Waals surface area contributed by atoms with Crippen LogP contribution in [-0.2, 0) is 14.9 Å². The molecule has 0 spiro atoms. The summed E-state index contributed by atoms with van der Waals surface area (Å²) in [6.07, 6.45) is 2.38. The van der Waals surface area contributed by atoms with Gasteiger partial charge in [0.15, 0.2) is 5.54 Å². The summed E-state index contributed by atoms with van der Waals surface area (Å²) in [5.74, 6) is -1.49. The topological polar surface area (TPSA) is 118 Å². The van der Waals surface area contributed by atoms with E-state index >= 15 is 0 Å². The smallest absolute Gasteiger partial charge is 0.365 e. The number of nitrogens with zero attached hydrogens (tertiary/aromatic N) is 1. The fraction of sp³-hybridized carbons (Fsp3) is 0.786. The summed E-state index contributed by atoms with van der Waals surface area (Å²) in [5, 5.41) is 9.73. The summed E-state index contributed by atoms with van der Waals surface area (Å²) < 4.78 is 30.6. The van der Waals surface area contributed by atoms with Crippen molar-refractivity contribution in [3.63, 3.8) is 0 Å². The van der Waals surface area contributed by atoms with Crippen LogP contribution < -0.4 is 5.73 Å². The Morgan fingerprint density at radius 2 is 1.86 bits per heavy atom. The quantitative estimate of drug-likeness (QED) is 0.309. The standard InChI is InChI=1S/C14H28N2O5S/c1-6-8-13(2,11-15)16(4,5)14(3,12(17)18)9-7-10-22(19,20)21/h6H,1,7-11,15H2,2-5H3,(H-,17,18,19,20,21)/p+1. The average molecular weight is 337 g/mol. The molecule has 0 fully saturated rings. The number of carboxylic acids is 1. The molecule has 7 nitrogen and oxygen atoms in total. The predicted molar refractivity (Wildman–Crippen MR) is 86.1 cm³/mol. The Hall–Kier alpha value is -0.960. The molecule has 0 aromatic rings. The van der Waals surface area contributed by atoms with E-state index in [4.69, 9.17) is 10.3 Å². The van der Waals surface area contributed by atoms with Crippen LogP contribution in [0.2, 0.25) is 0 Å². The number of likely N-dealkylation sites (N-methyl/N-ethyl adjacent to an activating group) is 1. The zero-order chi connectivity index (χ0) is 17.8. The van der Waals surface area contributed by atoms with Gasteiger partial charge in [0.2, 0.25) is 0 Å². The minimum Gasteiger partial charge on any atom is -0.477 e. The molecule has 0 saturated carbocycles. The monoisotopic (exact) mass is 337 g/mol. The van der Waals surface area contributed by atoms with Crippen molar-refractivity contribution < 1.29 is 27.4 Å². The highest BCUT2D eigenvalue weighted by Gasteiger charge is 2.56. The van der Waals surface area contributed by atoms with Crippen LogP contribution >= 0.6 is 0 Å². The Balaban J connectivity index is 5.60. The molecule has 0 radical (unpaired) electrons. The van der Waals surface area contributed by atoms with E-state index in [0.717, 1.165) is 0 Å². The van der Waals surface area contributed by atoms with Crippen molar-refractivity contribution in [1.82, 2.24) is 0 Å². The van der Waals surface area contributed by atoms with Gasteiger partial charge in [0.05, 0.1) is 19.8 Å². The number of carbonyl (C=O) groups is 1. The first-order chi connectivity index (χ1) is 9.77. The SMILES string of the molecule is C=CCC(C)(CN)[N+](C)(C)C(C)(CCCS(=O)(=O)O)C(=O)O. The van der Waals surface area contributed by atoms with Gasteiger partial charge in [0, 0.05) is 26.3 Å². The molecule has 0 heterocycles. The van der Waals surface area contributed by atoms with Crippen molar-refractivity contribution in [2.45, 2.75) is 44.2 Å². The Bertz CT molecular complexity index is 517. The third-order valence-electron chi connectivity index (χ3n) is 5.13. The van der Waals surface area contributed by atoms with Gasteiger partial charge in [0.1, 0.15) is 5.54 Å². The zero-order valence-electron chi connectivity index (χ0n) is 13.9. The molecule has 0 rings (SSSR count). The molecule has 2 unspecified atom stereocenters. The van der Waals surface area contributed by atoms with Crippen LogP contribution in [0, 0.1) is 0 Å². The lowest BCUT2D eigenvalue weighted by Crippen LogP contribution is -2.73. The summed E-state index contributed by atoms with van der Waals surface area (Å²) in [6, 6.07) is 0. The van der Waals surface area contributed by atoms with Gasteiger partial charge in [0.25, 0.3) is 10.1 Å². The molecule has 0 aliphatic rings. The molecule has 0 bridgehead atoms. The molecule has 0 aliphatic heterocycles. The van der Waals surface area contributed by atoms with Crippen LogP contribution in [0.15, 0.2) is 12.7 Å². The lowest BCUT2D eigenvalue weighted by molar-refractivity contribution is -0.975. The maximum absolute atomic E-state index is 11.9. The van der Waals surface area contributed by atoms with Gasteiger partial charge in [-0.05, 0) is 13.3 Å². The number of hydrogen-bond donors (Lipinski definition) is 3. The Labute approximate surface area is 133 Å². The predicted octanol–water partition coefficient (Wildman–Crippen LogP) is 0.868. The summed E-state index contributed by atoms with van der Waals surface area (Å²) >= 11 is 0. The number of nitrogens with two attached hydrogens (primary N) is 1. The fourth-order valence-electron chi connectivity index (χ4n) is 2.67. The maximum atomic E-state index is 11.9. The summed E-state index contributed by atoms with van der Waals surface area (Å²) in [5.41, 5.74) is 4.07. The molecule has 0 saturated heterocycles. The Morgan fingerprint density at radius 3 is 2.18 bits per heavy atom. The van der Waals surface area contributed by atoms with E-state index in [1.165, 1.54) is 0 Å². The van der Waals surface area contributed by atoms with Gasteiger partial charge in [-0.1, -0.05) is 6.08 Å². The largest absolute Gasteiger partial charge is 0.477 e. The van der Waals surface area contributed by atoms with Crippen LogP contribution in [-0.4, -0.2) is 66.0 Å². The molecule has 8 heteroatoms. The summed E-state index contributed by atoms with van der Waals surface area (Å²) in [7, 11) is -0.558. The first kappa shape index (κ1) is 21.0.